The van der Waals surface area contributed by atoms with E-state index in [1.165, 1.54) is 71.4 Å². The predicted molar refractivity (Wildman–Crippen MR) is 112 cm³/mol. The third kappa shape index (κ3) is 7.10. The molecular weight excluding hydrogens is 322 g/mol. The summed E-state index contributed by atoms with van der Waals surface area (Å²) >= 11 is 0. The maximum absolute atomic E-state index is 6.15. The van der Waals surface area contributed by atoms with E-state index in [1.54, 1.807) is 0 Å². The zero-order valence-corrected chi connectivity index (χ0v) is 18.3. The summed E-state index contributed by atoms with van der Waals surface area (Å²) in [6.07, 6.45) is 6.88. The van der Waals surface area contributed by atoms with Crippen LogP contribution in [0, 0.1) is 11.8 Å². The smallest absolute Gasteiger partial charge is 0.0605 e. The molecule has 2 rings (SSSR count). The number of hydrogen-bond acceptors (Lipinski definition) is 4. The highest BCUT2D eigenvalue weighted by Gasteiger charge is 2.33. The van der Waals surface area contributed by atoms with E-state index in [9.17, 15) is 0 Å². The van der Waals surface area contributed by atoms with Crippen molar-refractivity contribution in [1.82, 2.24) is 14.7 Å². The molecule has 1 heterocycles. The Kier molecular flexibility index (Phi) is 9.90. The zero-order valence-electron chi connectivity index (χ0n) is 18.3. The van der Waals surface area contributed by atoms with Crippen LogP contribution >= 0.6 is 0 Å². The van der Waals surface area contributed by atoms with Crippen molar-refractivity contribution < 1.29 is 4.74 Å². The quantitative estimate of drug-likeness (QED) is 0.525. The molecule has 0 aromatic heterocycles. The third-order valence-electron chi connectivity index (χ3n) is 6.89. The molecule has 1 atom stereocenters. The normalized spacial score (nSPS) is 26.4. The molecule has 0 N–H and O–H groups in total. The van der Waals surface area contributed by atoms with Gasteiger partial charge in [0.25, 0.3) is 0 Å². The number of hydrogen-bond donors (Lipinski definition) is 0. The lowest BCUT2D eigenvalue weighted by Crippen LogP contribution is -2.50. The molecule has 0 spiro atoms. The molecule has 154 valence electrons. The summed E-state index contributed by atoms with van der Waals surface area (Å²) in [6.45, 7) is 18.8. The predicted octanol–water partition coefficient (Wildman–Crippen LogP) is 3.57. The Hall–Kier alpha value is -0.160. The zero-order chi connectivity index (χ0) is 18.9. The highest BCUT2D eigenvalue weighted by Crippen LogP contribution is 2.28. The van der Waals surface area contributed by atoms with Crippen molar-refractivity contribution in [1.29, 1.82) is 0 Å². The van der Waals surface area contributed by atoms with Gasteiger partial charge in [0, 0.05) is 51.9 Å². The van der Waals surface area contributed by atoms with E-state index < -0.39 is 0 Å². The van der Waals surface area contributed by atoms with E-state index in [2.05, 4.69) is 49.4 Å². The van der Waals surface area contributed by atoms with Crippen LogP contribution in [0.2, 0.25) is 0 Å². The first-order chi connectivity index (χ1) is 12.5. The highest BCUT2D eigenvalue weighted by atomic mass is 16.5. The number of nitrogens with zero attached hydrogens (tertiary/aromatic N) is 3. The van der Waals surface area contributed by atoms with Crippen molar-refractivity contribution in [3.05, 3.63) is 0 Å². The Labute approximate surface area is 163 Å². The Bertz CT molecular complexity index is 360. The van der Waals surface area contributed by atoms with E-state index in [1.807, 2.05) is 0 Å². The van der Waals surface area contributed by atoms with E-state index in [0.29, 0.717) is 6.10 Å². The van der Waals surface area contributed by atoms with Crippen LogP contribution in [0.1, 0.15) is 59.8 Å². The number of ether oxygens (including phenoxy) is 1. The molecule has 1 aliphatic heterocycles. The number of rotatable bonds is 12. The fourth-order valence-corrected chi connectivity index (χ4v) is 4.25. The molecule has 0 aromatic carbocycles. The standard InChI is InChI=1S/C22H45N3O/c1-6-19(4)17-25-11-9-24(10-12-25)13-14-26-22-15-21(16-22)23(5)18-20(7-2)8-3/h19-22H,6-18H2,1-5H3/t19?,21-,22-. The lowest BCUT2D eigenvalue weighted by molar-refractivity contribution is -0.0551. The molecule has 1 saturated heterocycles. The summed E-state index contributed by atoms with van der Waals surface area (Å²) in [6, 6.07) is 0.754. The van der Waals surface area contributed by atoms with Gasteiger partial charge >= 0.3 is 0 Å². The van der Waals surface area contributed by atoms with E-state index >= 15 is 0 Å². The van der Waals surface area contributed by atoms with Crippen molar-refractivity contribution in [2.75, 3.05) is 59.5 Å². The molecule has 2 aliphatic rings. The van der Waals surface area contributed by atoms with Gasteiger partial charge in [-0.15, -0.1) is 0 Å². The molecule has 1 unspecified atom stereocenters. The Morgan fingerprint density at radius 2 is 1.58 bits per heavy atom. The van der Waals surface area contributed by atoms with E-state index in [4.69, 9.17) is 4.74 Å². The SMILES string of the molecule is CCC(C)CN1CCN(CCO[C@H]2C[C@H](N(C)CC(CC)CC)C2)CC1. The Balaban J connectivity index is 1.50. The molecule has 0 amide bonds. The van der Waals surface area contributed by atoms with Crippen LogP contribution in [0.5, 0.6) is 0 Å². The summed E-state index contributed by atoms with van der Waals surface area (Å²) in [5.41, 5.74) is 0. The fourth-order valence-electron chi connectivity index (χ4n) is 4.25. The van der Waals surface area contributed by atoms with Crippen molar-refractivity contribution in [2.24, 2.45) is 11.8 Å². The minimum absolute atomic E-state index is 0.510. The van der Waals surface area contributed by atoms with Gasteiger partial charge in [-0.05, 0) is 31.7 Å². The van der Waals surface area contributed by atoms with Crippen LogP contribution in [0.3, 0.4) is 0 Å². The van der Waals surface area contributed by atoms with Crippen LogP contribution in [0.4, 0.5) is 0 Å². The van der Waals surface area contributed by atoms with Crippen LogP contribution in [-0.2, 0) is 4.74 Å². The molecule has 0 bridgehead atoms. The molecule has 0 radical (unpaired) electrons. The lowest BCUT2D eigenvalue weighted by atomic mass is 9.87. The van der Waals surface area contributed by atoms with Crippen molar-refractivity contribution >= 4 is 0 Å². The molecule has 4 nitrogen and oxygen atoms in total. The fraction of sp³-hybridized carbons (Fsp3) is 1.00. The lowest BCUT2D eigenvalue weighted by Gasteiger charge is -2.42. The molecule has 4 heteroatoms. The summed E-state index contributed by atoms with van der Waals surface area (Å²) in [4.78, 5) is 7.80. The van der Waals surface area contributed by atoms with E-state index in [0.717, 1.165) is 31.0 Å². The second kappa shape index (κ2) is 11.6. The Morgan fingerprint density at radius 3 is 2.15 bits per heavy atom. The molecule has 1 saturated carbocycles. The van der Waals surface area contributed by atoms with Gasteiger partial charge in [0.1, 0.15) is 0 Å². The average Bonchev–Trinajstić information content (AvgIpc) is 2.62. The summed E-state index contributed by atoms with van der Waals surface area (Å²) < 4.78 is 6.15. The maximum Gasteiger partial charge on any atom is 0.0605 e. The van der Waals surface area contributed by atoms with Gasteiger partial charge in [-0.2, -0.15) is 0 Å². The van der Waals surface area contributed by atoms with Gasteiger partial charge in [-0.3, -0.25) is 4.90 Å². The van der Waals surface area contributed by atoms with E-state index in [-0.39, 0.29) is 0 Å². The minimum atomic E-state index is 0.510. The topological polar surface area (TPSA) is 19.0 Å². The second-order valence-corrected chi connectivity index (χ2v) is 8.90. The minimum Gasteiger partial charge on any atom is -0.377 e. The first-order valence-electron chi connectivity index (χ1n) is 11.3. The van der Waals surface area contributed by atoms with Gasteiger partial charge in [-0.1, -0.05) is 47.0 Å². The molecular formula is C22H45N3O. The van der Waals surface area contributed by atoms with Crippen LogP contribution < -0.4 is 0 Å². The van der Waals surface area contributed by atoms with Crippen molar-refractivity contribution in [3.63, 3.8) is 0 Å². The first kappa shape index (κ1) is 22.1. The van der Waals surface area contributed by atoms with Crippen LogP contribution in [0.25, 0.3) is 0 Å². The monoisotopic (exact) mass is 367 g/mol. The highest BCUT2D eigenvalue weighted by molar-refractivity contribution is 4.87. The van der Waals surface area contributed by atoms with Crippen LogP contribution in [-0.4, -0.2) is 86.3 Å². The number of piperazine rings is 1. The molecule has 2 fully saturated rings. The first-order valence-corrected chi connectivity index (χ1v) is 11.3. The molecule has 0 aromatic rings. The maximum atomic E-state index is 6.15. The van der Waals surface area contributed by atoms with Crippen LogP contribution in [0.15, 0.2) is 0 Å². The second-order valence-electron chi connectivity index (χ2n) is 8.90. The summed E-state index contributed by atoms with van der Waals surface area (Å²) in [5.74, 6) is 1.69. The van der Waals surface area contributed by atoms with Gasteiger partial charge in [-0.25, -0.2) is 0 Å². The summed E-state index contributed by atoms with van der Waals surface area (Å²) in [7, 11) is 2.30. The Morgan fingerprint density at radius 1 is 0.962 bits per heavy atom. The summed E-state index contributed by atoms with van der Waals surface area (Å²) in [5, 5.41) is 0. The van der Waals surface area contributed by atoms with Gasteiger partial charge in [0.2, 0.25) is 0 Å². The third-order valence-corrected chi connectivity index (χ3v) is 6.89. The van der Waals surface area contributed by atoms with Gasteiger partial charge < -0.3 is 14.5 Å². The van der Waals surface area contributed by atoms with Crippen molar-refractivity contribution in [3.8, 4) is 0 Å². The average molecular weight is 368 g/mol. The van der Waals surface area contributed by atoms with Gasteiger partial charge in [0.15, 0.2) is 0 Å². The van der Waals surface area contributed by atoms with Gasteiger partial charge in [0.05, 0.1) is 12.7 Å². The molecule has 26 heavy (non-hydrogen) atoms. The largest absolute Gasteiger partial charge is 0.377 e. The van der Waals surface area contributed by atoms with Crippen molar-refractivity contribution in [2.45, 2.75) is 71.9 Å². The molecule has 1 aliphatic carbocycles.